The van der Waals surface area contributed by atoms with Gasteiger partial charge in [-0.25, -0.2) is 4.98 Å². The van der Waals surface area contributed by atoms with E-state index in [2.05, 4.69) is 68.1 Å². The maximum absolute atomic E-state index is 12.2. The first kappa shape index (κ1) is 22.2. The Morgan fingerprint density at radius 2 is 2.00 bits per heavy atom. The molecule has 3 rings (SSSR count). The lowest BCUT2D eigenvalue weighted by molar-refractivity contribution is 0.0958. The summed E-state index contributed by atoms with van der Waals surface area (Å²) in [6, 6.07) is 11.1. The number of guanidine groups is 1. The highest BCUT2D eigenvalue weighted by molar-refractivity contribution is 7.11. The number of aromatic nitrogens is 1. The molecule has 8 heteroatoms. The molecule has 0 spiro atoms. The normalized spacial score (nSPS) is 15.7. The van der Waals surface area contributed by atoms with E-state index in [1.165, 1.54) is 16.9 Å². The minimum absolute atomic E-state index is 0.0750. The van der Waals surface area contributed by atoms with Crippen LogP contribution >= 0.6 is 11.3 Å². The van der Waals surface area contributed by atoms with Crippen molar-refractivity contribution in [2.24, 2.45) is 4.99 Å². The van der Waals surface area contributed by atoms with Gasteiger partial charge in [0.25, 0.3) is 5.91 Å². The van der Waals surface area contributed by atoms with E-state index in [4.69, 9.17) is 0 Å². The molecule has 1 saturated heterocycles. The van der Waals surface area contributed by atoms with Crippen LogP contribution in [0.4, 0.5) is 0 Å². The predicted octanol–water partition coefficient (Wildman–Crippen LogP) is 2.40. The zero-order valence-electron chi connectivity index (χ0n) is 17.9. The number of benzene rings is 1. The number of hydrogen-bond donors (Lipinski definition) is 3. The number of rotatable bonds is 8. The molecule has 30 heavy (non-hydrogen) atoms. The minimum Gasteiger partial charge on any atom is -0.357 e. The molecular weight excluding hydrogens is 396 g/mol. The molecule has 1 amide bonds. The van der Waals surface area contributed by atoms with Crippen LogP contribution in [0.1, 0.15) is 40.7 Å². The molecule has 0 unspecified atom stereocenters. The SMILES string of the molecule is CCNC(=NCCNC(=O)c1scnc1C)NC1CCN(Cc2ccccc2)CC1. The number of thiazole rings is 1. The number of carbonyl (C=O) groups excluding carboxylic acids is 1. The van der Waals surface area contributed by atoms with Crippen LogP contribution in [-0.2, 0) is 6.54 Å². The van der Waals surface area contributed by atoms with Crippen molar-refractivity contribution in [1.82, 2.24) is 25.8 Å². The van der Waals surface area contributed by atoms with Crippen LogP contribution < -0.4 is 16.0 Å². The fraction of sp³-hybridized carbons (Fsp3) is 0.500. The van der Waals surface area contributed by atoms with Crippen molar-refractivity contribution in [2.45, 2.75) is 39.3 Å². The summed E-state index contributed by atoms with van der Waals surface area (Å²) in [5, 5.41) is 9.79. The Bertz CT molecular complexity index is 814. The molecule has 1 aliphatic rings. The Labute approximate surface area is 183 Å². The molecular formula is C22H32N6OS. The summed E-state index contributed by atoms with van der Waals surface area (Å²) in [6.45, 7) is 8.93. The maximum atomic E-state index is 12.2. The standard InChI is InChI=1S/C22H32N6OS/c1-3-23-22(25-12-11-24-21(29)20-17(2)26-16-30-20)27-19-9-13-28(14-10-19)15-18-7-5-4-6-8-18/h4-8,16,19H,3,9-15H2,1-2H3,(H,24,29)(H2,23,25,27). The van der Waals surface area contributed by atoms with Crippen molar-refractivity contribution >= 4 is 23.2 Å². The first-order chi connectivity index (χ1) is 14.7. The second-order valence-electron chi connectivity index (χ2n) is 7.46. The van der Waals surface area contributed by atoms with E-state index < -0.39 is 0 Å². The van der Waals surface area contributed by atoms with Gasteiger partial charge in [0.05, 0.1) is 17.7 Å². The fourth-order valence-electron chi connectivity index (χ4n) is 3.53. The van der Waals surface area contributed by atoms with Gasteiger partial charge in [0.15, 0.2) is 5.96 Å². The van der Waals surface area contributed by atoms with Gasteiger partial charge in [0, 0.05) is 38.8 Å². The number of carbonyl (C=O) groups is 1. The van der Waals surface area contributed by atoms with Gasteiger partial charge in [-0.05, 0) is 32.3 Å². The molecule has 0 radical (unpaired) electrons. The summed E-state index contributed by atoms with van der Waals surface area (Å²) >= 11 is 1.37. The minimum atomic E-state index is -0.0750. The molecule has 0 bridgehead atoms. The van der Waals surface area contributed by atoms with Gasteiger partial charge in [0.1, 0.15) is 4.88 Å². The summed E-state index contributed by atoms with van der Waals surface area (Å²) in [6.07, 6.45) is 2.19. The highest BCUT2D eigenvalue weighted by atomic mass is 32.1. The van der Waals surface area contributed by atoms with E-state index in [0.29, 0.717) is 24.0 Å². The summed E-state index contributed by atoms with van der Waals surface area (Å²) in [4.78, 5) is 24.1. The van der Waals surface area contributed by atoms with Crippen molar-refractivity contribution in [3.63, 3.8) is 0 Å². The molecule has 0 saturated carbocycles. The Hall–Kier alpha value is -2.45. The monoisotopic (exact) mass is 428 g/mol. The smallest absolute Gasteiger partial charge is 0.263 e. The van der Waals surface area contributed by atoms with Crippen LogP contribution in [0.15, 0.2) is 40.8 Å². The lowest BCUT2D eigenvalue weighted by atomic mass is 10.0. The van der Waals surface area contributed by atoms with Crippen LogP contribution in [0.3, 0.4) is 0 Å². The summed E-state index contributed by atoms with van der Waals surface area (Å²) < 4.78 is 0. The molecule has 1 aromatic carbocycles. The average Bonchev–Trinajstić information content (AvgIpc) is 3.19. The second kappa shape index (κ2) is 11.7. The van der Waals surface area contributed by atoms with E-state index in [-0.39, 0.29) is 5.91 Å². The lowest BCUT2D eigenvalue weighted by Crippen LogP contribution is -2.48. The molecule has 7 nitrogen and oxygen atoms in total. The average molecular weight is 429 g/mol. The molecule has 0 aliphatic carbocycles. The number of nitrogens with one attached hydrogen (secondary N) is 3. The van der Waals surface area contributed by atoms with Gasteiger partial charge in [-0.15, -0.1) is 11.3 Å². The van der Waals surface area contributed by atoms with Gasteiger partial charge in [-0.3, -0.25) is 14.7 Å². The highest BCUT2D eigenvalue weighted by Crippen LogP contribution is 2.14. The van der Waals surface area contributed by atoms with Gasteiger partial charge < -0.3 is 16.0 Å². The quantitative estimate of drug-likeness (QED) is 0.342. The van der Waals surface area contributed by atoms with Crippen LogP contribution in [-0.4, -0.2) is 60.5 Å². The molecule has 2 heterocycles. The number of nitrogens with zero attached hydrogens (tertiary/aromatic N) is 3. The predicted molar refractivity (Wildman–Crippen MR) is 123 cm³/mol. The molecule has 162 valence electrons. The molecule has 2 aromatic rings. The topological polar surface area (TPSA) is 81.6 Å². The molecule has 3 N–H and O–H groups in total. The summed E-state index contributed by atoms with van der Waals surface area (Å²) in [7, 11) is 0. The third-order valence-corrected chi connectivity index (χ3v) is 6.07. The number of likely N-dealkylation sites (tertiary alicyclic amines) is 1. The molecule has 0 atom stereocenters. The second-order valence-corrected chi connectivity index (χ2v) is 8.32. The van der Waals surface area contributed by atoms with Crippen molar-refractivity contribution < 1.29 is 4.79 Å². The van der Waals surface area contributed by atoms with Crippen LogP contribution in [0.25, 0.3) is 0 Å². The third kappa shape index (κ3) is 6.81. The molecule has 1 aliphatic heterocycles. The lowest BCUT2D eigenvalue weighted by Gasteiger charge is -2.33. The van der Waals surface area contributed by atoms with Crippen LogP contribution in [0, 0.1) is 6.92 Å². The number of hydrogen-bond acceptors (Lipinski definition) is 5. The number of aryl methyl sites for hydroxylation is 1. The fourth-order valence-corrected chi connectivity index (χ4v) is 4.25. The van der Waals surface area contributed by atoms with Crippen molar-refractivity contribution in [3.05, 3.63) is 52.0 Å². The number of amides is 1. The molecule has 1 fully saturated rings. The first-order valence-corrected chi connectivity index (χ1v) is 11.5. The van der Waals surface area contributed by atoms with Crippen molar-refractivity contribution in [2.75, 3.05) is 32.7 Å². The third-order valence-electron chi connectivity index (χ3n) is 5.14. The van der Waals surface area contributed by atoms with Gasteiger partial charge in [-0.2, -0.15) is 0 Å². The summed E-state index contributed by atoms with van der Waals surface area (Å²) in [5.74, 6) is 0.746. The van der Waals surface area contributed by atoms with E-state index in [1.807, 2.05) is 6.92 Å². The maximum Gasteiger partial charge on any atom is 0.263 e. The van der Waals surface area contributed by atoms with Crippen molar-refractivity contribution in [3.8, 4) is 0 Å². The number of piperidine rings is 1. The van der Waals surface area contributed by atoms with E-state index in [0.717, 1.165) is 50.7 Å². The van der Waals surface area contributed by atoms with E-state index in [9.17, 15) is 4.79 Å². The van der Waals surface area contributed by atoms with Crippen molar-refractivity contribution in [1.29, 1.82) is 0 Å². The van der Waals surface area contributed by atoms with Crippen LogP contribution in [0.5, 0.6) is 0 Å². The van der Waals surface area contributed by atoms with Gasteiger partial charge >= 0.3 is 0 Å². The Balaban J connectivity index is 1.40. The zero-order chi connectivity index (χ0) is 21.2. The largest absolute Gasteiger partial charge is 0.357 e. The van der Waals surface area contributed by atoms with E-state index >= 15 is 0 Å². The Morgan fingerprint density at radius 3 is 2.67 bits per heavy atom. The zero-order valence-corrected chi connectivity index (χ0v) is 18.7. The highest BCUT2D eigenvalue weighted by Gasteiger charge is 2.20. The Morgan fingerprint density at radius 1 is 1.23 bits per heavy atom. The first-order valence-electron chi connectivity index (χ1n) is 10.6. The molecule has 1 aromatic heterocycles. The van der Waals surface area contributed by atoms with Gasteiger partial charge in [-0.1, -0.05) is 30.3 Å². The Kier molecular flexibility index (Phi) is 8.65. The summed E-state index contributed by atoms with van der Waals surface area (Å²) in [5.41, 5.74) is 3.84. The van der Waals surface area contributed by atoms with Crippen LogP contribution in [0.2, 0.25) is 0 Å². The van der Waals surface area contributed by atoms with E-state index in [1.54, 1.807) is 5.51 Å². The number of aliphatic imine (C=N–C) groups is 1. The van der Waals surface area contributed by atoms with Gasteiger partial charge in [0.2, 0.25) is 0 Å².